The Hall–Kier alpha value is -2.13. The second-order valence-electron chi connectivity index (χ2n) is 7.00. The number of aryl methyl sites for hydroxylation is 1. The van der Waals surface area contributed by atoms with Crippen LogP contribution in [0.4, 0.5) is 0 Å². The lowest BCUT2D eigenvalue weighted by molar-refractivity contribution is -0.152. The second-order valence-corrected chi connectivity index (χ2v) is 7.00. The van der Waals surface area contributed by atoms with Crippen molar-refractivity contribution in [1.82, 2.24) is 4.90 Å². The van der Waals surface area contributed by atoms with E-state index in [0.717, 1.165) is 18.5 Å². The highest BCUT2D eigenvalue weighted by molar-refractivity contribution is 5.76. The highest BCUT2D eigenvalue weighted by Gasteiger charge is 2.27. The van der Waals surface area contributed by atoms with Crippen molar-refractivity contribution < 1.29 is 9.53 Å². The Morgan fingerprint density at radius 2 is 1.64 bits per heavy atom. The predicted octanol–water partition coefficient (Wildman–Crippen LogP) is 4.24. The van der Waals surface area contributed by atoms with E-state index in [0.29, 0.717) is 6.61 Å². The van der Waals surface area contributed by atoms with Crippen LogP contribution in [0.5, 0.6) is 0 Å². The lowest BCUT2D eigenvalue weighted by Gasteiger charge is -2.29. The molecule has 3 nitrogen and oxygen atoms in total. The minimum absolute atomic E-state index is 0.148. The smallest absolute Gasteiger partial charge is 0.323 e. The first-order valence-corrected chi connectivity index (χ1v) is 8.93. The molecule has 25 heavy (non-hydrogen) atoms. The summed E-state index contributed by atoms with van der Waals surface area (Å²) in [4.78, 5) is 14.7. The first kappa shape index (κ1) is 19.2. The summed E-state index contributed by atoms with van der Waals surface area (Å²) < 4.78 is 5.56. The van der Waals surface area contributed by atoms with Crippen LogP contribution in [0, 0.1) is 12.8 Å². The van der Waals surface area contributed by atoms with Gasteiger partial charge in [-0.05, 0) is 37.4 Å². The summed E-state index contributed by atoms with van der Waals surface area (Å²) in [5.74, 6) is 0.0524. The molecule has 0 aromatic heterocycles. The lowest BCUT2D eigenvalue weighted by Crippen LogP contribution is -2.44. The molecule has 134 valence electrons. The number of nitrogens with zero attached hydrogens (tertiary/aromatic N) is 1. The number of hydrogen-bond acceptors (Lipinski definition) is 3. The number of ether oxygens (including phenoxy) is 1. The van der Waals surface area contributed by atoms with Crippen LogP contribution in [-0.4, -0.2) is 30.5 Å². The number of hydrogen-bond donors (Lipinski definition) is 0. The third-order valence-corrected chi connectivity index (χ3v) is 4.45. The van der Waals surface area contributed by atoms with Gasteiger partial charge in [-0.25, -0.2) is 0 Å². The van der Waals surface area contributed by atoms with Gasteiger partial charge < -0.3 is 4.74 Å². The lowest BCUT2D eigenvalue weighted by atomic mass is 10.0. The molecule has 0 radical (unpaired) electrons. The van der Waals surface area contributed by atoms with E-state index < -0.39 is 0 Å². The van der Waals surface area contributed by atoms with Crippen molar-refractivity contribution in [3.05, 3.63) is 71.3 Å². The van der Waals surface area contributed by atoms with Gasteiger partial charge in [-0.2, -0.15) is 0 Å². The first-order valence-electron chi connectivity index (χ1n) is 8.93. The average Bonchev–Trinajstić information content (AvgIpc) is 2.60. The monoisotopic (exact) mass is 339 g/mol. The SMILES string of the molecule is Cc1ccc(CCN(C)[C@H](C(=O)OCc2ccccc2)C(C)C)cc1. The van der Waals surface area contributed by atoms with E-state index in [2.05, 4.69) is 49.9 Å². The molecule has 3 heteroatoms. The van der Waals surface area contributed by atoms with Crippen LogP contribution >= 0.6 is 0 Å². The van der Waals surface area contributed by atoms with E-state index in [1.165, 1.54) is 11.1 Å². The van der Waals surface area contributed by atoms with Crippen molar-refractivity contribution in [3.8, 4) is 0 Å². The molecule has 0 amide bonds. The van der Waals surface area contributed by atoms with Crippen LogP contribution in [0.2, 0.25) is 0 Å². The summed E-state index contributed by atoms with van der Waals surface area (Å²) in [6, 6.07) is 18.1. The Bertz CT molecular complexity index is 649. The molecule has 0 N–H and O–H groups in total. The number of benzene rings is 2. The third kappa shape index (κ3) is 6.02. The summed E-state index contributed by atoms with van der Waals surface area (Å²) in [6.07, 6.45) is 0.923. The van der Waals surface area contributed by atoms with Gasteiger partial charge in [0.25, 0.3) is 0 Å². The molecular formula is C22H29NO2. The van der Waals surface area contributed by atoms with Gasteiger partial charge in [0.2, 0.25) is 0 Å². The van der Waals surface area contributed by atoms with Crippen molar-refractivity contribution in [2.75, 3.05) is 13.6 Å². The molecule has 2 aromatic rings. The third-order valence-electron chi connectivity index (χ3n) is 4.45. The standard InChI is InChI=1S/C22H29NO2/c1-17(2)21(22(24)25-16-20-8-6-5-7-9-20)23(4)15-14-19-12-10-18(3)11-13-19/h5-13,17,21H,14-16H2,1-4H3/t21-/m0/s1. The minimum atomic E-state index is -0.228. The van der Waals surface area contributed by atoms with Gasteiger partial charge in [0.15, 0.2) is 0 Å². The average molecular weight is 339 g/mol. The number of rotatable bonds is 8. The van der Waals surface area contributed by atoms with E-state index in [9.17, 15) is 4.79 Å². The second kappa shape index (κ2) is 9.38. The Balaban J connectivity index is 1.91. The fraction of sp³-hybridized carbons (Fsp3) is 0.409. The number of carbonyl (C=O) groups excluding carboxylic acids is 1. The Kier molecular flexibility index (Phi) is 7.20. The fourth-order valence-electron chi connectivity index (χ4n) is 2.97. The van der Waals surface area contributed by atoms with Crippen LogP contribution in [0.1, 0.15) is 30.5 Å². The van der Waals surface area contributed by atoms with Crippen LogP contribution in [0.15, 0.2) is 54.6 Å². The molecule has 0 aliphatic heterocycles. The largest absolute Gasteiger partial charge is 0.460 e. The number of likely N-dealkylation sites (N-methyl/N-ethyl adjacent to an activating group) is 1. The summed E-state index contributed by atoms with van der Waals surface area (Å²) in [5, 5.41) is 0. The van der Waals surface area contributed by atoms with Gasteiger partial charge in [-0.3, -0.25) is 9.69 Å². The maximum atomic E-state index is 12.6. The fourth-order valence-corrected chi connectivity index (χ4v) is 2.97. The zero-order valence-electron chi connectivity index (χ0n) is 15.7. The van der Waals surface area contributed by atoms with Crippen molar-refractivity contribution >= 4 is 5.97 Å². The van der Waals surface area contributed by atoms with Crippen molar-refractivity contribution in [2.45, 2.75) is 39.8 Å². The van der Waals surface area contributed by atoms with Crippen LogP contribution in [0.3, 0.4) is 0 Å². The summed E-state index contributed by atoms with van der Waals surface area (Å²) in [5.41, 5.74) is 3.57. The van der Waals surface area contributed by atoms with Gasteiger partial charge >= 0.3 is 5.97 Å². The quantitative estimate of drug-likeness (QED) is 0.674. The van der Waals surface area contributed by atoms with Crippen molar-refractivity contribution in [2.24, 2.45) is 5.92 Å². The normalized spacial score (nSPS) is 12.4. The topological polar surface area (TPSA) is 29.5 Å². The summed E-state index contributed by atoms with van der Waals surface area (Å²) in [6.45, 7) is 7.38. The van der Waals surface area contributed by atoms with Crippen molar-refractivity contribution in [3.63, 3.8) is 0 Å². The van der Waals surface area contributed by atoms with Crippen molar-refractivity contribution in [1.29, 1.82) is 0 Å². The summed E-state index contributed by atoms with van der Waals surface area (Å²) in [7, 11) is 2.00. The molecular weight excluding hydrogens is 310 g/mol. The first-order chi connectivity index (χ1) is 12.0. The Labute approximate surface area is 151 Å². The molecule has 2 rings (SSSR count). The molecule has 0 bridgehead atoms. The maximum absolute atomic E-state index is 12.6. The molecule has 0 fully saturated rings. The van der Waals surface area contributed by atoms with Gasteiger partial charge in [-0.15, -0.1) is 0 Å². The molecule has 1 atom stereocenters. The molecule has 0 saturated carbocycles. The predicted molar refractivity (Wildman–Crippen MR) is 102 cm³/mol. The van der Waals surface area contributed by atoms with E-state index in [-0.39, 0.29) is 17.9 Å². The Morgan fingerprint density at radius 1 is 1.00 bits per heavy atom. The highest BCUT2D eigenvalue weighted by Crippen LogP contribution is 2.14. The molecule has 2 aromatic carbocycles. The zero-order valence-corrected chi connectivity index (χ0v) is 15.7. The van der Waals surface area contributed by atoms with Gasteiger partial charge in [-0.1, -0.05) is 74.0 Å². The van der Waals surface area contributed by atoms with E-state index in [4.69, 9.17) is 4.74 Å². The molecule has 0 saturated heterocycles. The van der Waals surface area contributed by atoms with E-state index in [1.807, 2.05) is 37.4 Å². The van der Waals surface area contributed by atoms with Gasteiger partial charge in [0, 0.05) is 6.54 Å². The Morgan fingerprint density at radius 3 is 2.24 bits per heavy atom. The molecule has 0 aliphatic carbocycles. The molecule has 0 heterocycles. The van der Waals surface area contributed by atoms with E-state index in [1.54, 1.807) is 0 Å². The summed E-state index contributed by atoms with van der Waals surface area (Å²) >= 11 is 0. The van der Waals surface area contributed by atoms with Crippen LogP contribution in [0.25, 0.3) is 0 Å². The number of esters is 1. The molecule has 0 spiro atoms. The van der Waals surface area contributed by atoms with Crippen LogP contribution in [-0.2, 0) is 22.6 Å². The minimum Gasteiger partial charge on any atom is -0.460 e. The molecule has 0 unspecified atom stereocenters. The number of carbonyl (C=O) groups is 1. The molecule has 0 aliphatic rings. The van der Waals surface area contributed by atoms with E-state index >= 15 is 0 Å². The highest BCUT2D eigenvalue weighted by atomic mass is 16.5. The maximum Gasteiger partial charge on any atom is 0.323 e. The van der Waals surface area contributed by atoms with Gasteiger partial charge in [0.05, 0.1) is 0 Å². The zero-order chi connectivity index (χ0) is 18.2. The van der Waals surface area contributed by atoms with Gasteiger partial charge in [0.1, 0.15) is 12.6 Å². The van der Waals surface area contributed by atoms with Crippen LogP contribution < -0.4 is 0 Å².